The number of carbonyl (C=O) groups is 2. The lowest BCUT2D eigenvalue weighted by Crippen LogP contribution is -2.19. The molecule has 2 heterocycles. The molecule has 2 N–H and O–H groups in total. The van der Waals surface area contributed by atoms with Crippen molar-refractivity contribution in [1.82, 2.24) is 4.98 Å². The van der Waals surface area contributed by atoms with E-state index in [1.54, 1.807) is 12.3 Å². The van der Waals surface area contributed by atoms with E-state index in [0.29, 0.717) is 5.69 Å². The van der Waals surface area contributed by atoms with Gasteiger partial charge in [-0.3, -0.25) is 14.9 Å². The van der Waals surface area contributed by atoms with Crippen molar-refractivity contribution in [3.8, 4) is 11.5 Å². The van der Waals surface area contributed by atoms with Crippen molar-refractivity contribution in [2.45, 2.75) is 23.1 Å². The summed E-state index contributed by atoms with van der Waals surface area (Å²) in [6.07, 6.45) is -0.108. The van der Waals surface area contributed by atoms with Crippen molar-refractivity contribution < 1.29 is 36.6 Å². The fourth-order valence-electron chi connectivity index (χ4n) is 3.49. The van der Waals surface area contributed by atoms with Gasteiger partial charge in [-0.25, -0.2) is 17.8 Å². The molecule has 1 aromatic heterocycles. The molecule has 3 aromatic rings. The predicted octanol–water partition coefficient (Wildman–Crippen LogP) is 3.90. The van der Waals surface area contributed by atoms with E-state index >= 15 is 0 Å². The van der Waals surface area contributed by atoms with E-state index in [0.717, 1.165) is 17.4 Å². The summed E-state index contributed by atoms with van der Waals surface area (Å²) < 4.78 is 57.7. The molecule has 0 saturated carbocycles. The fraction of sp³-hybridized carbons (Fsp3) is 0.227. The van der Waals surface area contributed by atoms with Gasteiger partial charge in [-0.15, -0.1) is 11.3 Å². The Labute approximate surface area is 214 Å². The summed E-state index contributed by atoms with van der Waals surface area (Å²) in [5.41, 5.74) is -0.349. The number of sulfone groups is 1. The number of esters is 1. The first-order chi connectivity index (χ1) is 17.1. The number of fused-ring (bicyclic) bond motifs is 1. The molecule has 0 radical (unpaired) electrons. The first kappa shape index (κ1) is 25.7. The van der Waals surface area contributed by atoms with Gasteiger partial charge >= 0.3 is 5.97 Å². The average molecular weight is 556 g/mol. The van der Waals surface area contributed by atoms with Crippen LogP contribution < -0.4 is 20.1 Å². The lowest BCUT2D eigenvalue weighted by Gasteiger charge is -2.16. The molecule has 0 spiro atoms. The van der Waals surface area contributed by atoms with E-state index in [2.05, 4.69) is 15.6 Å². The van der Waals surface area contributed by atoms with Gasteiger partial charge < -0.3 is 19.5 Å². The molecule has 4 rings (SSSR count). The number of amides is 1. The van der Waals surface area contributed by atoms with Gasteiger partial charge in [0.1, 0.15) is 21.2 Å². The van der Waals surface area contributed by atoms with Crippen LogP contribution in [0, 0.1) is 5.82 Å². The van der Waals surface area contributed by atoms with Crippen LogP contribution in [0.4, 0.5) is 15.2 Å². The number of anilines is 2. The van der Waals surface area contributed by atoms with Gasteiger partial charge in [0.2, 0.25) is 9.84 Å². The van der Waals surface area contributed by atoms with Gasteiger partial charge in [0, 0.05) is 10.4 Å². The molecular weight excluding hydrogens is 537 g/mol. The Hall–Kier alpha value is -3.42. The molecule has 14 heteroatoms. The third kappa shape index (κ3) is 4.94. The molecule has 1 aliphatic heterocycles. The number of nitrogens with one attached hydrogen (secondary N) is 2. The number of ether oxygens (including phenoxy) is 3. The second kappa shape index (κ2) is 10.3. The van der Waals surface area contributed by atoms with Crippen molar-refractivity contribution >= 4 is 55.5 Å². The number of hydrogen-bond donors (Lipinski definition) is 2. The highest BCUT2D eigenvalue weighted by Crippen LogP contribution is 2.44. The maximum Gasteiger partial charge on any atom is 0.311 e. The van der Waals surface area contributed by atoms with E-state index in [1.807, 2.05) is 0 Å². The Morgan fingerprint density at radius 2 is 2.11 bits per heavy atom. The van der Waals surface area contributed by atoms with Crippen LogP contribution in [0.25, 0.3) is 0 Å². The van der Waals surface area contributed by atoms with Crippen molar-refractivity contribution in [3.63, 3.8) is 0 Å². The number of carbonyl (C=O) groups excluding carboxylic acids is 2. The van der Waals surface area contributed by atoms with Crippen molar-refractivity contribution in [3.05, 3.63) is 51.7 Å². The molecule has 0 fully saturated rings. The Bertz CT molecular complexity index is 1460. The zero-order valence-electron chi connectivity index (χ0n) is 18.9. The summed E-state index contributed by atoms with van der Waals surface area (Å²) in [5.74, 6) is -2.72. The number of halogens is 2. The van der Waals surface area contributed by atoms with Crippen molar-refractivity contribution in [2.75, 3.05) is 31.1 Å². The average Bonchev–Trinajstić information content (AvgIpc) is 3.49. The molecule has 190 valence electrons. The third-order valence-electron chi connectivity index (χ3n) is 4.98. The molecular formula is C22H19ClFN3O7S2. The highest BCUT2D eigenvalue weighted by Gasteiger charge is 2.36. The lowest BCUT2D eigenvalue weighted by atomic mass is 10.1. The van der Waals surface area contributed by atoms with Crippen LogP contribution in [0.2, 0.25) is 5.02 Å². The molecule has 0 aliphatic carbocycles. The SMILES string of the molecule is CCOC(=O)Cc1csc(NC(=O)c2cc(F)c3c(c2S(=O)(=O)c2cc(Cl)ccc2OC)NCO3)n1. The molecule has 10 nitrogen and oxygen atoms in total. The second-order valence-corrected chi connectivity index (χ2v) is 10.4. The van der Waals surface area contributed by atoms with E-state index in [-0.39, 0.29) is 52.0 Å². The van der Waals surface area contributed by atoms with Crippen LogP contribution in [-0.2, 0) is 25.8 Å². The van der Waals surface area contributed by atoms with Gasteiger partial charge in [-0.05, 0) is 31.2 Å². The topological polar surface area (TPSA) is 133 Å². The van der Waals surface area contributed by atoms with Gasteiger partial charge in [0.05, 0.1) is 31.4 Å². The van der Waals surface area contributed by atoms with E-state index in [1.165, 1.54) is 25.3 Å². The summed E-state index contributed by atoms with van der Waals surface area (Å²) in [7, 11) is -3.21. The number of rotatable bonds is 8. The summed E-state index contributed by atoms with van der Waals surface area (Å²) in [6, 6.07) is 4.76. The molecule has 36 heavy (non-hydrogen) atoms. The Morgan fingerprint density at radius 3 is 2.83 bits per heavy atom. The van der Waals surface area contributed by atoms with Gasteiger partial charge in [0.25, 0.3) is 5.91 Å². The van der Waals surface area contributed by atoms with E-state index in [9.17, 15) is 22.4 Å². The van der Waals surface area contributed by atoms with Gasteiger partial charge in [-0.2, -0.15) is 0 Å². The smallest absolute Gasteiger partial charge is 0.311 e. The van der Waals surface area contributed by atoms with E-state index in [4.69, 9.17) is 25.8 Å². The van der Waals surface area contributed by atoms with Crippen LogP contribution >= 0.6 is 22.9 Å². The lowest BCUT2D eigenvalue weighted by molar-refractivity contribution is -0.142. The number of aromatic nitrogens is 1. The monoisotopic (exact) mass is 555 g/mol. The zero-order chi connectivity index (χ0) is 26.0. The highest BCUT2D eigenvalue weighted by atomic mass is 35.5. The number of hydrogen-bond acceptors (Lipinski definition) is 10. The van der Waals surface area contributed by atoms with Crippen molar-refractivity contribution in [2.24, 2.45) is 0 Å². The first-order valence-electron chi connectivity index (χ1n) is 10.4. The quantitative estimate of drug-likeness (QED) is 0.313. The Balaban J connectivity index is 1.77. The maximum absolute atomic E-state index is 14.8. The summed E-state index contributed by atoms with van der Waals surface area (Å²) in [5, 5.41) is 6.87. The van der Waals surface area contributed by atoms with E-state index < -0.39 is 38.0 Å². The van der Waals surface area contributed by atoms with Crippen LogP contribution in [0.1, 0.15) is 23.0 Å². The minimum atomic E-state index is -4.49. The van der Waals surface area contributed by atoms with Crippen LogP contribution in [0.15, 0.2) is 39.4 Å². The minimum absolute atomic E-state index is 0.0220. The fourth-order valence-corrected chi connectivity index (χ4v) is 6.22. The molecule has 1 aliphatic rings. The molecule has 0 atom stereocenters. The zero-order valence-corrected chi connectivity index (χ0v) is 21.3. The van der Waals surface area contributed by atoms with Crippen LogP contribution in [0.3, 0.4) is 0 Å². The number of benzene rings is 2. The normalized spacial score (nSPS) is 12.3. The molecule has 0 bridgehead atoms. The predicted molar refractivity (Wildman–Crippen MR) is 129 cm³/mol. The molecule has 0 unspecified atom stereocenters. The van der Waals surface area contributed by atoms with Crippen molar-refractivity contribution in [1.29, 1.82) is 0 Å². The highest BCUT2D eigenvalue weighted by molar-refractivity contribution is 7.91. The third-order valence-corrected chi connectivity index (χ3v) is 7.88. The Morgan fingerprint density at radius 1 is 1.33 bits per heavy atom. The first-order valence-corrected chi connectivity index (χ1v) is 13.1. The largest absolute Gasteiger partial charge is 0.495 e. The van der Waals surface area contributed by atoms with Gasteiger partial charge in [0.15, 0.2) is 23.4 Å². The standard InChI is InChI=1S/C22H19ClFN3O7S2/c1-3-33-17(28)7-12-9-35-22(26-12)27-21(29)13-8-14(24)19-18(25-10-34-19)20(13)36(30,31)16-6-11(23)4-5-15(16)32-2/h4-6,8-9,25H,3,7,10H2,1-2H3,(H,26,27,29). The van der Waals surface area contributed by atoms with Gasteiger partial charge in [-0.1, -0.05) is 11.6 Å². The second-order valence-electron chi connectivity index (χ2n) is 7.28. The number of nitrogens with zero attached hydrogens (tertiary/aromatic N) is 1. The summed E-state index contributed by atoms with van der Waals surface area (Å²) in [4.78, 5) is 28.2. The summed E-state index contributed by atoms with van der Waals surface area (Å²) in [6.45, 7) is 1.68. The Kier molecular flexibility index (Phi) is 7.33. The molecule has 1 amide bonds. The maximum atomic E-state index is 14.8. The van der Waals surface area contributed by atoms with Crippen LogP contribution in [-0.4, -0.2) is 45.7 Å². The minimum Gasteiger partial charge on any atom is -0.495 e. The number of methoxy groups -OCH3 is 1. The molecule has 2 aromatic carbocycles. The molecule has 0 saturated heterocycles. The summed E-state index contributed by atoms with van der Waals surface area (Å²) >= 11 is 7.05. The number of thiazole rings is 1. The van der Waals surface area contributed by atoms with Crippen LogP contribution in [0.5, 0.6) is 11.5 Å².